The van der Waals surface area contributed by atoms with Crippen LogP contribution in [0.5, 0.6) is 0 Å². The Kier molecular flexibility index (Phi) is 4.83. The first-order chi connectivity index (χ1) is 9.09. The van der Waals surface area contributed by atoms with Gasteiger partial charge in [0, 0.05) is 6.04 Å². The van der Waals surface area contributed by atoms with Gasteiger partial charge in [-0.15, -0.1) is 0 Å². The molecule has 19 heavy (non-hydrogen) atoms. The number of carbonyl (C=O) groups is 2. The second kappa shape index (κ2) is 6.40. The molecule has 2 aliphatic rings. The molecule has 1 heterocycles. The van der Waals surface area contributed by atoms with E-state index in [9.17, 15) is 9.59 Å². The summed E-state index contributed by atoms with van der Waals surface area (Å²) in [5.74, 6) is 0.574. The van der Waals surface area contributed by atoms with Gasteiger partial charge in [-0.05, 0) is 25.2 Å². The Hall–Kier alpha value is -1.06. The average Bonchev–Trinajstić information content (AvgIpc) is 2.62. The molecule has 0 aromatic rings. The number of hydrogen-bond donors (Lipinski definition) is 1. The molecule has 1 atom stereocenters. The van der Waals surface area contributed by atoms with Gasteiger partial charge in [-0.3, -0.25) is 9.59 Å². The van der Waals surface area contributed by atoms with Gasteiger partial charge < -0.3 is 10.2 Å². The second-order valence-corrected chi connectivity index (χ2v) is 6.31. The molecule has 1 unspecified atom stereocenters. The molecule has 1 aliphatic carbocycles. The largest absolute Gasteiger partial charge is 0.345 e. The summed E-state index contributed by atoms with van der Waals surface area (Å²) in [6, 6.07) is 0.0362. The van der Waals surface area contributed by atoms with Crippen LogP contribution in [-0.2, 0) is 9.59 Å². The van der Waals surface area contributed by atoms with Crippen LogP contribution in [0.3, 0.4) is 0 Å². The zero-order chi connectivity index (χ0) is 13.8. The topological polar surface area (TPSA) is 49.4 Å². The van der Waals surface area contributed by atoms with Crippen LogP contribution < -0.4 is 5.32 Å². The van der Waals surface area contributed by atoms with Crippen molar-refractivity contribution in [2.45, 2.75) is 70.9 Å². The van der Waals surface area contributed by atoms with Gasteiger partial charge in [0.15, 0.2) is 0 Å². The fourth-order valence-electron chi connectivity index (χ4n) is 3.33. The van der Waals surface area contributed by atoms with E-state index in [1.54, 1.807) is 0 Å². The van der Waals surface area contributed by atoms with Crippen molar-refractivity contribution in [3.8, 4) is 0 Å². The highest BCUT2D eigenvalue weighted by molar-refractivity contribution is 5.95. The molecule has 0 spiro atoms. The fraction of sp³-hybridized carbons (Fsp3) is 0.867. The molecule has 0 bridgehead atoms. The van der Waals surface area contributed by atoms with Crippen LogP contribution in [0.4, 0.5) is 0 Å². The van der Waals surface area contributed by atoms with Crippen molar-refractivity contribution in [2.24, 2.45) is 5.92 Å². The average molecular weight is 266 g/mol. The summed E-state index contributed by atoms with van der Waals surface area (Å²) in [6.07, 6.45) is 7.80. The van der Waals surface area contributed by atoms with Crippen LogP contribution in [0.25, 0.3) is 0 Å². The first kappa shape index (κ1) is 14.4. The van der Waals surface area contributed by atoms with E-state index in [2.05, 4.69) is 19.2 Å². The third kappa shape index (κ3) is 3.48. The van der Waals surface area contributed by atoms with Gasteiger partial charge in [-0.2, -0.15) is 0 Å². The molecule has 1 saturated carbocycles. The maximum atomic E-state index is 12.3. The monoisotopic (exact) mass is 266 g/mol. The van der Waals surface area contributed by atoms with E-state index >= 15 is 0 Å². The number of hydrogen-bond acceptors (Lipinski definition) is 2. The van der Waals surface area contributed by atoms with Crippen LogP contribution in [0, 0.1) is 5.92 Å². The van der Waals surface area contributed by atoms with Crippen molar-refractivity contribution in [3.63, 3.8) is 0 Å². The summed E-state index contributed by atoms with van der Waals surface area (Å²) in [5.41, 5.74) is 0. The predicted octanol–water partition coefficient (Wildman–Crippen LogP) is 2.08. The van der Waals surface area contributed by atoms with Crippen LogP contribution in [0.1, 0.15) is 58.8 Å². The van der Waals surface area contributed by atoms with Gasteiger partial charge in [0.25, 0.3) is 0 Å². The van der Waals surface area contributed by atoms with E-state index in [1.165, 1.54) is 25.7 Å². The third-order valence-corrected chi connectivity index (χ3v) is 4.25. The molecule has 2 rings (SSSR count). The lowest BCUT2D eigenvalue weighted by atomic mass is 9.96. The van der Waals surface area contributed by atoms with Gasteiger partial charge >= 0.3 is 0 Å². The Morgan fingerprint density at radius 2 is 1.79 bits per heavy atom. The number of carbonyl (C=O) groups excluding carboxylic acids is 2. The van der Waals surface area contributed by atoms with Crippen molar-refractivity contribution in [1.29, 1.82) is 0 Å². The summed E-state index contributed by atoms with van der Waals surface area (Å²) in [6.45, 7) is 4.40. The highest BCUT2D eigenvalue weighted by atomic mass is 16.2. The zero-order valence-electron chi connectivity index (χ0n) is 12.2. The molecule has 2 amide bonds. The molecule has 1 saturated heterocycles. The summed E-state index contributed by atoms with van der Waals surface area (Å²) in [5, 5.41) is 2.74. The highest BCUT2D eigenvalue weighted by Gasteiger charge is 2.38. The van der Waals surface area contributed by atoms with Gasteiger partial charge in [-0.25, -0.2) is 0 Å². The van der Waals surface area contributed by atoms with Crippen LogP contribution in [-0.4, -0.2) is 35.3 Å². The Morgan fingerprint density at radius 1 is 1.16 bits per heavy atom. The lowest BCUT2D eigenvalue weighted by Crippen LogP contribution is -2.61. The summed E-state index contributed by atoms with van der Waals surface area (Å²) >= 11 is 0. The Bertz CT molecular complexity index is 333. The minimum absolute atomic E-state index is 0.0394. The molecule has 1 N–H and O–H groups in total. The fourth-order valence-corrected chi connectivity index (χ4v) is 3.33. The zero-order valence-corrected chi connectivity index (χ0v) is 12.2. The Morgan fingerprint density at radius 3 is 2.37 bits per heavy atom. The molecule has 0 aromatic heterocycles. The number of nitrogens with one attached hydrogen (secondary N) is 1. The minimum Gasteiger partial charge on any atom is -0.345 e. The van der Waals surface area contributed by atoms with Gasteiger partial charge in [-0.1, -0.05) is 39.5 Å². The second-order valence-electron chi connectivity index (χ2n) is 6.31. The quantitative estimate of drug-likeness (QED) is 0.795. The smallest absolute Gasteiger partial charge is 0.243 e. The minimum atomic E-state index is -0.246. The Labute approximate surface area is 115 Å². The summed E-state index contributed by atoms with van der Waals surface area (Å²) < 4.78 is 0. The molecule has 4 heteroatoms. The highest BCUT2D eigenvalue weighted by Crippen LogP contribution is 2.27. The lowest BCUT2D eigenvalue weighted by molar-refractivity contribution is -0.149. The Balaban J connectivity index is 2.14. The number of rotatable bonds is 3. The van der Waals surface area contributed by atoms with Crippen LogP contribution in [0.15, 0.2) is 0 Å². The number of piperazine rings is 1. The molecule has 4 nitrogen and oxygen atoms in total. The normalized spacial score (nSPS) is 26.5. The summed E-state index contributed by atoms with van der Waals surface area (Å²) in [4.78, 5) is 26.3. The molecular weight excluding hydrogens is 240 g/mol. The van der Waals surface area contributed by atoms with Gasteiger partial charge in [0.05, 0.1) is 6.54 Å². The SMILES string of the molecule is CC(C)CC1C(=O)NCC(=O)N1C1CCCCCC1. The molecule has 108 valence electrons. The number of nitrogens with zero attached hydrogens (tertiary/aromatic N) is 1. The molecule has 2 fully saturated rings. The summed E-state index contributed by atoms with van der Waals surface area (Å²) in [7, 11) is 0. The van der Waals surface area contributed by atoms with Crippen molar-refractivity contribution < 1.29 is 9.59 Å². The van der Waals surface area contributed by atoms with Crippen LogP contribution >= 0.6 is 0 Å². The maximum Gasteiger partial charge on any atom is 0.243 e. The molecule has 0 aromatic carbocycles. The molecule has 0 radical (unpaired) electrons. The van der Waals surface area contributed by atoms with E-state index in [0.717, 1.165) is 19.3 Å². The van der Waals surface area contributed by atoms with Gasteiger partial charge in [0.1, 0.15) is 6.04 Å². The van der Waals surface area contributed by atoms with Crippen molar-refractivity contribution in [3.05, 3.63) is 0 Å². The standard InChI is InChI=1S/C15H26N2O2/c1-11(2)9-13-15(19)16-10-14(18)17(13)12-7-5-3-4-6-8-12/h11-13H,3-10H2,1-2H3,(H,16,19). The van der Waals surface area contributed by atoms with E-state index < -0.39 is 0 Å². The van der Waals surface area contributed by atoms with Crippen molar-refractivity contribution in [2.75, 3.05) is 6.54 Å². The molecule has 1 aliphatic heterocycles. The van der Waals surface area contributed by atoms with Crippen molar-refractivity contribution in [1.82, 2.24) is 10.2 Å². The predicted molar refractivity (Wildman–Crippen MR) is 74.6 cm³/mol. The van der Waals surface area contributed by atoms with Gasteiger partial charge in [0.2, 0.25) is 11.8 Å². The maximum absolute atomic E-state index is 12.3. The number of amides is 2. The molecular formula is C15H26N2O2. The first-order valence-corrected chi connectivity index (χ1v) is 7.68. The third-order valence-electron chi connectivity index (χ3n) is 4.25. The van der Waals surface area contributed by atoms with E-state index in [0.29, 0.717) is 5.92 Å². The van der Waals surface area contributed by atoms with Crippen LogP contribution in [0.2, 0.25) is 0 Å². The van der Waals surface area contributed by atoms with Crippen molar-refractivity contribution >= 4 is 11.8 Å². The van der Waals surface area contributed by atoms with E-state index in [1.807, 2.05) is 4.90 Å². The first-order valence-electron chi connectivity index (χ1n) is 7.68. The van der Waals surface area contributed by atoms with E-state index in [-0.39, 0.29) is 30.4 Å². The lowest BCUT2D eigenvalue weighted by Gasteiger charge is -2.41. The van der Waals surface area contributed by atoms with E-state index in [4.69, 9.17) is 0 Å².